The van der Waals surface area contributed by atoms with E-state index in [1.165, 1.54) is 0 Å². The number of ether oxygens (including phenoxy) is 4. The molecule has 4 rings (SSSR count). The van der Waals surface area contributed by atoms with Gasteiger partial charge in [-0.3, -0.25) is 27.1 Å². The molecule has 0 saturated carbocycles. The molecule has 4 fully saturated rings. The fraction of sp³-hybridized carbons (Fsp3) is 1.00. The summed E-state index contributed by atoms with van der Waals surface area (Å²) in [6.45, 7) is 1.19. The summed E-state index contributed by atoms with van der Waals surface area (Å²) in [7, 11) is -12.3. The third-order valence-electron chi connectivity index (χ3n) is 7.37. The van der Waals surface area contributed by atoms with Crippen LogP contribution in [0, 0.1) is 0 Å². The van der Waals surface area contributed by atoms with Crippen molar-refractivity contribution in [2.75, 3.05) is 33.0 Å². The highest BCUT2D eigenvalue weighted by atomic mass is 31.2. The summed E-state index contributed by atoms with van der Waals surface area (Å²) in [6, 6.07) is -0.249. The summed E-state index contributed by atoms with van der Waals surface area (Å²) in [5.74, 6) is 0. The van der Waals surface area contributed by atoms with E-state index in [4.69, 9.17) is 47.5 Å². The Hall–Kier alpha value is 0.195. The van der Waals surface area contributed by atoms with Crippen molar-refractivity contribution in [1.29, 1.82) is 0 Å². The van der Waals surface area contributed by atoms with Crippen LogP contribution in [-0.2, 0) is 59.8 Å². The molecule has 4 heterocycles. The van der Waals surface area contributed by atoms with E-state index >= 15 is 0 Å². The topological polar surface area (TPSA) is 224 Å². The van der Waals surface area contributed by atoms with Gasteiger partial charge in [-0.05, 0) is 19.8 Å². The average Bonchev–Trinajstić information content (AvgIpc) is 3.67. The van der Waals surface area contributed by atoms with E-state index in [0.717, 1.165) is 0 Å². The van der Waals surface area contributed by atoms with Crippen LogP contribution in [0.3, 0.4) is 0 Å². The zero-order chi connectivity index (χ0) is 32.3. The molecule has 0 aliphatic carbocycles. The molecule has 43 heavy (non-hydrogen) atoms. The Morgan fingerprint density at radius 3 is 1.93 bits per heavy atom. The smallest absolute Gasteiger partial charge is 0.390 e. The highest BCUT2D eigenvalue weighted by Gasteiger charge is 2.44. The van der Waals surface area contributed by atoms with E-state index in [2.05, 4.69) is 0 Å². The molecule has 17 nitrogen and oxygen atoms in total. The molecule has 0 amide bonds. The first-order valence-corrected chi connectivity index (χ1v) is 18.7. The van der Waals surface area contributed by atoms with E-state index in [9.17, 15) is 33.5 Å². The maximum absolute atomic E-state index is 12.8. The lowest BCUT2D eigenvalue weighted by Crippen LogP contribution is -2.31. The lowest BCUT2D eigenvalue weighted by atomic mass is 9.96. The molecule has 4 aliphatic rings. The zero-order valence-corrected chi connectivity index (χ0v) is 26.8. The minimum absolute atomic E-state index is 0.135. The van der Waals surface area contributed by atoms with Crippen LogP contribution in [0.25, 0.3) is 0 Å². The summed E-state index contributed by atoms with van der Waals surface area (Å²) in [5.41, 5.74) is 0. The second kappa shape index (κ2) is 15.4. The summed E-state index contributed by atoms with van der Waals surface area (Å²) < 4.78 is 98.5. The Balaban J connectivity index is 1.26. The van der Waals surface area contributed by atoms with Crippen molar-refractivity contribution in [3.8, 4) is 0 Å². The van der Waals surface area contributed by atoms with Crippen molar-refractivity contribution >= 4 is 31.3 Å². The van der Waals surface area contributed by atoms with Crippen LogP contribution in [0.5, 0.6) is 0 Å². The average molecular weight is 683 g/mol. The maximum Gasteiger partial charge on any atom is 0.472 e. The van der Waals surface area contributed by atoms with Gasteiger partial charge >= 0.3 is 23.5 Å². The Morgan fingerprint density at radius 2 is 1.35 bits per heavy atom. The number of hydrogen-bond donors (Lipinski definition) is 4. The van der Waals surface area contributed by atoms with Gasteiger partial charge in [0.2, 0.25) is 0 Å². The molecule has 14 unspecified atom stereocenters. The van der Waals surface area contributed by atoms with Gasteiger partial charge in [0.25, 0.3) is 0 Å². The first-order chi connectivity index (χ1) is 20.5. The van der Waals surface area contributed by atoms with Gasteiger partial charge in [0.15, 0.2) is 0 Å². The number of aliphatic hydroxyl groups excluding tert-OH is 1. The van der Waals surface area contributed by atoms with Gasteiger partial charge in [-0.15, -0.1) is 0 Å². The lowest BCUT2D eigenvalue weighted by Gasteiger charge is -2.25. The Bertz CT molecular complexity index is 1090. The van der Waals surface area contributed by atoms with Crippen molar-refractivity contribution in [3.63, 3.8) is 0 Å². The van der Waals surface area contributed by atoms with E-state index in [0.29, 0.717) is 25.9 Å². The molecule has 21 heteroatoms. The number of phosphoric ester groups is 3. The van der Waals surface area contributed by atoms with Gasteiger partial charge in [-0.2, -0.15) is 0 Å². The quantitative estimate of drug-likeness (QED) is 0.130. The van der Waals surface area contributed by atoms with Gasteiger partial charge in [0, 0.05) is 38.5 Å². The SMILES string of the molecule is [2H]C1CC(OP(=O)(O)OCC2OC(B)CC2O)C(COP(=O)(O)OC2CC(C)OC2COP(=O)(O)OC2CCOC2CC)O1. The summed E-state index contributed by atoms with van der Waals surface area (Å²) >= 11 is 0. The fourth-order valence-electron chi connectivity index (χ4n) is 5.27. The molecule has 250 valence electrons. The third kappa shape index (κ3) is 10.9. The maximum atomic E-state index is 12.8. The minimum atomic E-state index is -4.82. The van der Waals surface area contributed by atoms with E-state index < -0.39 is 98.7 Å². The molecular weight excluding hydrogens is 640 g/mol. The van der Waals surface area contributed by atoms with Gasteiger partial charge in [0.1, 0.15) is 38.4 Å². The minimum Gasteiger partial charge on any atom is -0.390 e. The first kappa shape index (κ1) is 34.5. The lowest BCUT2D eigenvalue weighted by molar-refractivity contribution is -0.0353. The van der Waals surface area contributed by atoms with Crippen LogP contribution in [-0.4, -0.2) is 122 Å². The molecule has 4 saturated heterocycles. The van der Waals surface area contributed by atoms with E-state index in [1.54, 1.807) is 14.8 Å². The van der Waals surface area contributed by atoms with Crippen LogP contribution in [0.1, 0.15) is 47.3 Å². The number of rotatable bonds is 16. The van der Waals surface area contributed by atoms with Crippen molar-refractivity contribution < 1.29 is 80.9 Å². The molecular formula is C22H42BO17P3. The van der Waals surface area contributed by atoms with Gasteiger partial charge in [-0.25, -0.2) is 13.7 Å². The Labute approximate surface area is 252 Å². The van der Waals surface area contributed by atoms with Crippen molar-refractivity contribution in [2.24, 2.45) is 0 Å². The summed E-state index contributed by atoms with van der Waals surface area (Å²) in [6.07, 6.45) is -6.27. The molecule has 0 bridgehead atoms. The van der Waals surface area contributed by atoms with E-state index in [-0.39, 0.29) is 24.9 Å². The number of aliphatic hydroxyl groups is 1. The first-order valence-electron chi connectivity index (χ1n) is 14.8. The number of hydrogen-bond acceptors (Lipinski definition) is 14. The van der Waals surface area contributed by atoms with Crippen molar-refractivity contribution in [2.45, 2.75) is 107 Å². The third-order valence-corrected chi connectivity index (χ3v) is 10.4. The van der Waals surface area contributed by atoms with Crippen LogP contribution in [0.15, 0.2) is 0 Å². The predicted octanol–water partition coefficient (Wildman–Crippen LogP) is 0.767. The Kier molecular flexibility index (Phi) is 12.4. The van der Waals surface area contributed by atoms with Gasteiger partial charge < -0.3 is 38.7 Å². The monoisotopic (exact) mass is 683 g/mol. The van der Waals surface area contributed by atoms with Gasteiger partial charge in [0.05, 0.1) is 45.6 Å². The predicted molar refractivity (Wildman–Crippen MR) is 148 cm³/mol. The second-order valence-corrected chi connectivity index (χ2v) is 15.1. The molecule has 4 aliphatic heterocycles. The van der Waals surface area contributed by atoms with E-state index in [1.807, 2.05) is 6.92 Å². The largest absolute Gasteiger partial charge is 0.472 e. The normalized spacial score (nSPS) is 42.8. The number of phosphoric acid groups is 3. The van der Waals surface area contributed by atoms with Crippen LogP contribution < -0.4 is 0 Å². The molecule has 14 atom stereocenters. The van der Waals surface area contributed by atoms with Gasteiger partial charge in [-0.1, -0.05) is 6.92 Å². The van der Waals surface area contributed by atoms with Crippen molar-refractivity contribution in [1.82, 2.24) is 0 Å². The molecule has 0 spiro atoms. The molecule has 4 N–H and O–H groups in total. The summed E-state index contributed by atoms with van der Waals surface area (Å²) in [5, 5.41) is 9.94. The molecule has 0 aromatic heterocycles. The van der Waals surface area contributed by atoms with Crippen LogP contribution >= 0.6 is 23.5 Å². The van der Waals surface area contributed by atoms with Crippen LogP contribution in [0.2, 0.25) is 0 Å². The standard InChI is InChI=1S/C22H42BO17P3/c1-3-15-16(4-6-31-15)38-42(27,28)35-12-21-18(8-13(2)36-21)40-43(29,30)34-11-20-17(5-7-32-20)39-41(25,26)33-10-19-14(24)9-22(23)37-19/h13-22,24H,3-12,23H2,1-2H3,(H,25,26)(H,27,28)(H,29,30)/i7D. The van der Waals surface area contributed by atoms with Crippen LogP contribution in [0.4, 0.5) is 0 Å². The Morgan fingerprint density at radius 1 is 0.791 bits per heavy atom. The molecule has 0 aromatic rings. The molecule has 0 aromatic carbocycles. The molecule has 0 radical (unpaired) electrons. The zero-order valence-electron chi connectivity index (χ0n) is 25.2. The van der Waals surface area contributed by atoms with Crippen molar-refractivity contribution in [3.05, 3.63) is 0 Å². The second-order valence-electron chi connectivity index (χ2n) is 10.9. The highest BCUT2D eigenvalue weighted by Crippen LogP contribution is 2.51. The fourth-order valence-corrected chi connectivity index (χ4v) is 8.17. The highest BCUT2D eigenvalue weighted by molar-refractivity contribution is 7.48. The summed E-state index contributed by atoms with van der Waals surface area (Å²) in [4.78, 5) is 30.8.